The van der Waals surface area contributed by atoms with Gasteiger partial charge in [-0.25, -0.2) is 0 Å². The molecule has 0 bridgehead atoms. The smallest absolute Gasteiger partial charge is 0.250 e. The number of fused-ring (bicyclic) bond motifs is 1. The summed E-state index contributed by atoms with van der Waals surface area (Å²) in [5, 5.41) is 0. The van der Waals surface area contributed by atoms with E-state index in [1.165, 1.54) is 0 Å². The third-order valence-electron chi connectivity index (χ3n) is 4.16. The molecule has 20 heavy (non-hydrogen) atoms. The van der Waals surface area contributed by atoms with Crippen LogP contribution in [-0.2, 0) is 9.59 Å². The van der Waals surface area contributed by atoms with Gasteiger partial charge in [-0.2, -0.15) is 0 Å². The van der Waals surface area contributed by atoms with E-state index in [0.717, 1.165) is 36.3 Å². The van der Waals surface area contributed by atoms with Crippen LogP contribution in [0.25, 0.3) is 0 Å². The number of pyridine rings is 1. The Bertz CT molecular complexity index is 570. The summed E-state index contributed by atoms with van der Waals surface area (Å²) in [6, 6.07) is 3.50. The lowest BCUT2D eigenvalue weighted by Gasteiger charge is -2.42. The predicted molar refractivity (Wildman–Crippen MR) is 75.4 cm³/mol. The third kappa shape index (κ3) is 2.07. The molecular formula is C15H19N3O2. The summed E-state index contributed by atoms with van der Waals surface area (Å²) in [6.07, 6.45) is 2.79. The minimum atomic E-state index is -0.272. The van der Waals surface area contributed by atoms with Gasteiger partial charge in [0.25, 0.3) is 0 Å². The number of carbonyl (C=O) groups excluding carboxylic acids is 2. The summed E-state index contributed by atoms with van der Waals surface area (Å²) in [6.45, 7) is 4.66. The summed E-state index contributed by atoms with van der Waals surface area (Å²) >= 11 is 0. The molecule has 2 amide bonds. The Labute approximate surface area is 118 Å². The van der Waals surface area contributed by atoms with Gasteiger partial charge < -0.3 is 4.90 Å². The number of rotatable bonds is 1. The Kier molecular flexibility index (Phi) is 3.20. The number of hydrogen-bond donors (Lipinski definition) is 0. The van der Waals surface area contributed by atoms with Crippen LogP contribution in [0.2, 0.25) is 0 Å². The van der Waals surface area contributed by atoms with Gasteiger partial charge in [0.05, 0.1) is 11.4 Å². The van der Waals surface area contributed by atoms with Crippen molar-refractivity contribution in [2.45, 2.75) is 39.2 Å². The fourth-order valence-corrected chi connectivity index (χ4v) is 3.14. The van der Waals surface area contributed by atoms with Crippen LogP contribution in [0, 0.1) is 13.8 Å². The summed E-state index contributed by atoms with van der Waals surface area (Å²) in [5.74, 6) is 0.0901. The van der Waals surface area contributed by atoms with Crippen LogP contribution in [0.4, 0.5) is 5.69 Å². The lowest BCUT2D eigenvalue weighted by Crippen LogP contribution is -2.61. The van der Waals surface area contributed by atoms with E-state index in [4.69, 9.17) is 0 Å². The number of aromatic nitrogens is 1. The molecule has 0 saturated carbocycles. The molecule has 3 rings (SSSR count). The number of carbonyl (C=O) groups is 2. The highest BCUT2D eigenvalue weighted by Gasteiger charge is 2.41. The Hall–Kier alpha value is -1.91. The highest BCUT2D eigenvalue weighted by atomic mass is 16.2. The van der Waals surface area contributed by atoms with E-state index in [1.807, 2.05) is 26.0 Å². The van der Waals surface area contributed by atoms with E-state index in [0.29, 0.717) is 6.54 Å². The molecule has 5 nitrogen and oxygen atoms in total. The van der Waals surface area contributed by atoms with Crippen molar-refractivity contribution >= 4 is 17.5 Å². The van der Waals surface area contributed by atoms with Gasteiger partial charge in [0, 0.05) is 12.2 Å². The van der Waals surface area contributed by atoms with Gasteiger partial charge in [-0.05, 0) is 45.2 Å². The summed E-state index contributed by atoms with van der Waals surface area (Å²) in [4.78, 5) is 32.6. The average Bonchev–Trinajstić information content (AvgIpc) is 2.43. The molecule has 2 aliphatic rings. The molecule has 0 spiro atoms. The number of piperazine rings is 1. The van der Waals surface area contributed by atoms with Gasteiger partial charge in [-0.3, -0.25) is 19.5 Å². The standard InChI is InChI=1S/C15H19N3O2/c1-10-6-7-12(11(2)16-10)18-9-14(19)17-8-4-3-5-13(17)15(18)20/h6-7,13H,3-5,8-9H2,1-2H3. The van der Waals surface area contributed by atoms with Crippen molar-refractivity contribution in [3.63, 3.8) is 0 Å². The zero-order valence-corrected chi connectivity index (χ0v) is 11.9. The first kappa shape index (κ1) is 13.1. The zero-order chi connectivity index (χ0) is 14.3. The molecule has 106 valence electrons. The van der Waals surface area contributed by atoms with Crippen molar-refractivity contribution < 1.29 is 9.59 Å². The number of aryl methyl sites for hydroxylation is 2. The van der Waals surface area contributed by atoms with Crippen molar-refractivity contribution in [1.29, 1.82) is 0 Å². The van der Waals surface area contributed by atoms with E-state index < -0.39 is 0 Å². The molecule has 3 heterocycles. The zero-order valence-electron chi connectivity index (χ0n) is 11.9. The van der Waals surface area contributed by atoms with Crippen molar-refractivity contribution in [1.82, 2.24) is 9.88 Å². The molecule has 1 atom stereocenters. The molecule has 0 aromatic carbocycles. The molecule has 2 fully saturated rings. The molecule has 0 radical (unpaired) electrons. The fourth-order valence-electron chi connectivity index (χ4n) is 3.14. The Morgan fingerprint density at radius 2 is 2.00 bits per heavy atom. The maximum absolute atomic E-state index is 12.6. The third-order valence-corrected chi connectivity index (χ3v) is 4.16. The summed E-state index contributed by atoms with van der Waals surface area (Å²) in [7, 11) is 0. The second-order valence-electron chi connectivity index (χ2n) is 5.58. The normalized spacial score (nSPS) is 23.0. The van der Waals surface area contributed by atoms with Gasteiger partial charge in [-0.15, -0.1) is 0 Å². The first-order valence-corrected chi connectivity index (χ1v) is 7.13. The molecule has 1 aromatic heterocycles. The highest BCUT2D eigenvalue weighted by Crippen LogP contribution is 2.28. The van der Waals surface area contributed by atoms with Gasteiger partial charge in [0.15, 0.2) is 0 Å². The van der Waals surface area contributed by atoms with E-state index >= 15 is 0 Å². The van der Waals surface area contributed by atoms with Crippen molar-refractivity contribution in [2.24, 2.45) is 0 Å². The van der Waals surface area contributed by atoms with E-state index in [1.54, 1.807) is 9.80 Å². The first-order chi connectivity index (χ1) is 9.58. The first-order valence-electron chi connectivity index (χ1n) is 7.13. The van der Waals surface area contributed by atoms with E-state index in [9.17, 15) is 9.59 Å². The molecule has 2 saturated heterocycles. The second kappa shape index (κ2) is 4.89. The van der Waals surface area contributed by atoms with Crippen LogP contribution in [0.15, 0.2) is 12.1 Å². The summed E-state index contributed by atoms with van der Waals surface area (Å²) < 4.78 is 0. The minimum Gasteiger partial charge on any atom is -0.329 e. The Morgan fingerprint density at radius 3 is 2.75 bits per heavy atom. The molecule has 2 aliphatic heterocycles. The average molecular weight is 273 g/mol. The quantitative estimate of drug-likeness (QED) is 0.777. The van der Waals surface area contributed by atoms with Crippen LogP contribution in [0.1, 0.15) is 30.7 Å². The molecule has 1 unspecified atom stereocenters. The van der Waals surface area contributed by atoms with Gasteiger partial charge in [-0.1, -0.05) is 0 Å². The van der Waals surface area contributed by atoms with Gasteiger partial charge >= 0.3 is 0 Å². The van der Waals surface area contributed by atoms with E-state index in [2.05, 4.69) is 4.98 Å². The second-order valence-corrected chi connectivity index (χ2v) is 5.58. The van der Waals surface area contributed by atoms with E-state index in [-0.39, 0.29) is 24.4 Å². The van der Waals surface area contributed by atoms with Crippen LogP contribution >= 0.6 is 0 Å². The highest BCUT2D eigenvalue weighted by molar-refractivity contribution is 6.06. The van der Waals surface area contributed by atoms with Gasteiger partial charge in [0.2, 0.25) is 11.8 Å². The predicted octanol–water partition coefficient (Wildman–Crippen LogP) is 1.43. The monoisotopic (exact) mass is 273 g/mol. The van der Waals surface area contributed by atoms with Crippen LogP contribution in [0.3, 0.4) is 0 Å². The molecule has 5 heteroatoms. The van der Waals surface area contributed by atoms with Gasteiger partial charge in [0.1, 0.15) is 12.6 Å². The number of hydrogen-bond acceptors (Lipinski definition) is 3. The molecule has 0 N–H and O–H groups in total. The van der Waals surface area contributed by atoms with Crippen molar-refractivity contribution in [2.75, 3.05) is 18.0 Å². The lowest BCUT2D eigenvalue weighted by molar-refractivity contribution is -0.144. The molecule has 1 aromatic rings. The fraction of sp³-hybridized carbons (Fsp3) is 0.533. The minimum absolute atomic E-state index is 0.0399. The number of nitrogens with zero attached hydrogens (tertiary/aromatic N) is 3. The maximum Gasteiger partial charge on any atom is 0.250 e. The molecular weight excluding hydrogens is 254 g/mol. The van der Waals surface area contributed by atoms with Crippen molar-refractivity contribution in [3.8, 4) is 0 Å². The maximum atomic E-state index is 12.6. The number of anilines is 1. The van der Waals surface area contributed by atoms with Crippen LogP contribution in [-0.4, -0.2) is 40.8 Å². The number of piperidine rings is 1. The molecule has 0 aliphatic carbocycles. The van der Waals surface area contributed by atoms with Crippen LogP contribution < -0.4 is 4.90 Å². The topological polar surface area (TPSA) is 53.5 Å². The van der Waals surface area contributed by atoms with Crippen LogP contribution in [0.5, 0.6) is 0 Å². The number of amides is 2. The largest absolute Gasteiger partial charge is 0.329 e. The SMILES string of the molecule is Cc1ccc(N2CC(=O)N3CCCCC3C2=O)c(C)n1. The van der Waals surface area contributed by atoms with Crippen molar-refractivity contribution in [3.05, 3.63) is 23.5 Å². The summed E-state index contributed by atoms with van der Waals surface area (Å²) in [5.41, 5.74) is 2.48. The lowest BCUT2D eigenvalue weighted by atomic mass is 9.98. The Morgan fingerprint density at radius 1 is 1.20 bits per heavy atom. The Balaban J connectivity index is 1.94.